The van der Waals surface area contributed by atoms with E-state index in [-0.39, 0.29) is 5.91 Å². The lowest BCUT2D eigenvalue weighted by molar-refractivity contribution is 0.0966. The molecule has 0 spiro atoms. The average Bonchev–Trinajstić information content (AvgIpc) is 2.67. The summed E-state index contributed by atoms with van der Waals surface area (Å²) in [5.74, 6) is 2.33. The summed E-state index contributed by atoms with van der Waals surface area (Å²) in [4.78, 5) is 11.8. The molecule has 0 aromatic heterocycles. The van der Waals surface area contributed by atoms with E-state index in [2.05, 4.69) is 16.6 Å². The van der Waals surface area contributed by atoms with Crippen molar-refractivity contribution < 1.29 is 9.36 Å². The van der Waals surface area contributed by atoms with Crippen LogP contribution >= 0.6 is 7.14 Å². The lowest BCUT2D eigenvalue weighted by atomic mass is 10.1. The molecule has 1 aliphatic rings. The maximum Gasteiger partial charge on any atom is 0.254 e. The Morgan fingerprint density at radius 1 is 1.50 bits per heavy atom. The summed E-state index contributed by atoms with van der Waals surface area (Å²) in [6.45, 7) is 4.20. The lowest BCUT2D eigenvalue weighted by Crippen LogP contribution is -2.14. The first kappa shape index (κ1) is 12.7. The molecule has 0 aliphatic carbocycles. The highest BCUT2D eigenvalue weighted by molar-refractivity contribution is 7.70. The summed E-state index contributed by atoms with van der Waals surface area (Å²) in [5, 5.41) is 6.55. The second-order valence-corrected chi connectivity index (χ2v) is 7.76. The summed E-state index contributed by atoms with van der Waals surface area (Å²) in [7, 11) is -2.39. The number of carbonyl (C=O) groups excluding carboxylic acids is 1. The predicted molar refractivity (Wildman–Crippen MR) is 74.0 cm³/mol. The van der Waals surface area contributed by atoms with Crippen LogP contribution in [0.3, 0.4) is 0 Å². The monoisotopic (exact) mass is 262 g/mol. The van der Waals surface area contributed by atoms with Crippen molar-refractivity contribution in [1.82, 2.24) is 5.32 Å². The zero-order valence-electron chi connectivity index (χ0n) is 10.4. The minimum absolute atomic E-state index is 0.139. The van der Waals surface area contributed by atoms with Crippen molar-refractivity contribution in [2.45, 2.75) is 6.54 Å². The molecule has 0 saturated heterocycles. The fourth-order valence-corrected chi connectivity index (χ4v) is 3.40. The molecule has 4 nitrogen and oxygen atoms in total. The molecule has 2 rings (SSSR count). The maximum absolute atomic E-state index is 12.2. The van der Waals surface area contributed by atoms with Gasteiger partial charge in [-0.2, -0.15) is 0 Å². The van der Waals surface area contributed by atoms with E-state index in [1.807, 2.05) is 6.07 Å². The number of rotatable bonds is 3. The Bertz CT molecular complexity index is 596. The zero-order valence-corrected chi connectivity index (χ0v) is 11.3. The summed E-state index contributed by atoms with van der Waals surface area (Å²) in [5.41, 5.74) is 2.11. The fraction of sp³-hybridized carbons (Fsp3) is 0.308. The van der Waals surface area contributed by atoms with E-state index in [0.29, 0.717) is 24.3 Å². The van der Waals surface area contributed by atoms with Crippen molar-refractivity contribution in [1.29, 1.82) is 0 Å². The Morgan fingerprint density at radius 3 is 2.83 bits per heavy atom. The van der Waals surface area contributed by atoms with Crippen molar-refractivity contribution in [3.63, 3.8) is 0 Å². The Kier molecular flexibility index (Phi) is 3.19. The van der Waals surface area contributed by atoms with E-state index >= 15 is 0 Å². The molecule has 1 aromatic carbocycles. The molecule has 1 amide bonds. The summed E-state index contributed by atoms with van der Waals surface area (Å²) in [6, 6.07) is 3.59. The molecule has 94 valence electrons. The Morgan fingerprint density at radius 2 is 2.22 bits per heavy atom. The van der Waals surface area contributed by atoms with Crippen LogP contribution in [0.2, 0.25) is 0 Å². The van der Waals surface area contributed by atoms with Gasteiger partial charge in [0.15, 0.2) is 0 Å². The number of nitrogens with one attached hydrogen (secondary N) is 2. The van der Waals surface area contributed by atoms with Crippen molar-refractivity contribution in [2.24, 2.45) is 0 Å². The van der Waals surface area contributed by atoms with E-state index in [0.717, 1.165) is 10.9 Å². The quantitative estimate of drug-likeness (QED) is 0.636. The highest BCUT2D eigenvalue weighted by atomic mass is 31.2. The highest BCUT2D eigenvalue weighted by Gasteiger charge is 2.28. The molecule has 1 aromatic rings. The average molecular weight is 262 g/mol. The van der Waals surface area contributed by atoms with Gasteiger partial charge in [-0.05, 0) is 31.0 Å². The van der Waals surface area contributed by atoms with E-state index in [1.165, 1.54) is 0 Å². The van der Waals surface area contributed by atoms with Crippen LogP contribution in [0.25, 0.3) is 0 Å². The molecule has 0 saturated carbocycles. The van der Waals surface area contributed by atoms with Crippen LogP contribution in [0.1, 0.15) is 15.9 Å². The van der Waals surface area contributed by atoms with Crippen LogP contribution in [-0.2, 0) is 11.1 Å². The van der Waals surface area contributed by atoms with Gasteiger partial charge in [0.2, 0.25) is 0 Å². The molecule has 1 aliphatic heterocycles. The normalized spacial score (nSPS) is 13.7. The van der Waals surface area contributed by atoms with Gasteiger partial charge in [-0.15, -0.1) is 6.42 Å². The Labute approximate surface area is 107 Å². The maximum atomic E-state index is 12.2. The first-order valence-electron chi connectivity index (χ1n) is 5.62. The van der Waals surface area contributed by atoms with Gasteiger partial charge in [0.25, 0.3) is 5.91 Å². The van der Waals surface area contributed by atoms with Crippen LogP contribution < -0.4 is 15.9 Å². The van der Waals surface area contributed by atoms with Gasteiger partial charge < -0.3 is 15.2 Å². The molecule has 0 atom stereocenters. The predicted octanol–water partition coefficient (Wildman–Crippen LogP) is 1.22. The molecule has 0 fully saturated rings. The van der Waals surface area contributed by atoms with Crippen molar-refractivity contribution in [3.8, 4) is 12.3 Å². The number of hydrogen-bond acceptors (Lipinski definition) is 3. The fourth-order valence-electron chi connectivity index (χ4n) is 2.13. The number of amides is 1. The van der Waals surface area contributed by atoms with Crippen molar-refractivity contribution >= 4 is 24.0 Å². The number of carbonyl (C=O) groups is 1. The van der Waals surface area contributed by atoms with E-state index in [4.69, 9.17) is 6.42 Å². The van der Waals surface area contributed by atoms with Crippen LogP contribution in [0.4, 0.5) is 5.69 Å². The van der Waals surface area contributed by atoms with Crippen LogP contribution in [0, 0.1) is 12.3 Å². The summed E-state index contributed by atoms with van der Waals surface area (Å²) in [6.07, 6.45) is 5.20. The van der Waals surface area contributed by atoms with E-state index in [9.17, 15) is 9.36 Å². The Hall–Kier alpha value is -1.72. The Balaban J connectivity index is 2.57. The standard InChI is InChI=1S/C13H15N2O2P/c1-4-7-14-10-5-6-11(18(2,3)17)9-8-15-13(16)12(9)10/h1,5-6,14H,7-8H2,2-3H3,(H,15,16). The number of anilines is 1. The number of hydrogen-bond donors (Lipinski definition) is 2. The third kappa shape index (κ3) is 2.14. The molecule has 18 heavy (non-hydrogen) atoms. The minimum Gasteiger partial charge on any atom is -0.373 e. The number of fused-ring (bicyclic) bond motifs is 1. The van der Waals surface area contributed by atoms with Gasteiger partial charge in [-0.3, -0.25) is 4.79 Å². The van der Waals surface area contributed by atoms with E-state index < -0.39 is 7.14 Å². The van der Waals surface area contributed by atoms with E-state index in [1.54, 1.807) is 19.4 Å². The van der Waals surface area contributed by atoms with Crippen LogP contribution in [-0.4, -0.2) is 25.8 Å². The molecule has 1 heterocycles. The van der Waals surface area contributed by atoms with Gasteiger partial charge in [0, 0.05) is 17.5 Å². The zero-order chi connectivity index (χ0) is 13.3. The number of terminal acetylenes is 1. The summed E-state index contributed by atoms with van der Waals surface area (Å²) < 4.78 is 12.2. The van der Waals surface area contributed by atoms with Crippen LogP contribution in [0.15, 0.2) is 12.1 Å². The van der Waals surface area contributed by atoms with Crippen molar-refractivity contribution in [3.05, 3.63) is 23.3 Å². The summed E-state index contributed by atoms with van der Waals surface area (Å²) >= 11 is 0. The topological polar surface area (TPSA) is 58.2 Å². The van der Waals surface area contributed by atoms with Gasteiger partial charge in [-0.25, -0.2) is 0 Å². The third-order valence-corrected chi connectivity index (χ3v) is 4.48. The molecular weight excluding hydrogens is 247 g/mol. The molecule has 2 N–H and O–H groups in total. The van der Waals surface area contributed by atoms with Crippen molar-refractivity contribution in [2.75, 3.05) is 25.2 Å². The third-order valence-electron chi connectivity index (χ3n) is 2.90. The lowest BCUT2D eigenvalue weighted by Gasteiger charge is -2.14. The smallest absolute Gasteiger partial charge is 0.254 e. The SMILES string of the molecule is C#CCNc1ccc(P(C)(C)=O)c2c1C(=O)NC2. The second-order valence-electron chi connectivity index (χ2n) is 4.58. The largest absolute Gasteiger partial charge is 0.373 e. The van der Waals surface area contributed by atoms with Gasteiger partial charge >= 0.3 is 0 Å². The molecule has 0 radical (unpaired) electrons. The van der Waals surface area contributed by atoms with Gasteiger partial charge in [0.05, 0.1) is 12.1 Å². The second kappa shape index (κ2) is 4.51. The highest BCUT2D eigenvalue weighted by Crippen LogP contribution is 2.39. The first-order chi connectivity index (χ1) is 8.45. The van der Waals surface area contributed by atoms with Gasteiger partial charge in [-0.1, -0.05) is 5.92 Å². The molecule has 5 heteroatoms. The number of benzene rings is 1. The van der Waals surface area contributed by atoms with Crippen LogP contribution in [0.5, 0.6) is 0 Å². The molecule has 0 unspecified atom stereocenters. The minimum atomic E-state index is -2.39. The molecule has 0 bridgehead atoms. The molecular formula is C13H15N2O2P. The van der Waals surface area contributed by atoms with Gasteiger partial charge in [0.1, 0.15) is 7.14 Å². The first-order valence-corrected chi connectivity index (χ1v) is 8.22.